The lowest BCUT2D eigenvalue weighted by molar-refractivity contribution is 0.0992. The molecule has 0 fully saturated rings. The fraction of sp³-hybridized carbons (Fsp3) is 0.238. The average Bonchev–Trinajstić information content (AvgIpc) is 2.60. The first-order valence-electron chi connectivity index (χ1n) is 8.23. The molecule has 0 amide bonds. The highest BCUT2D eigenvalue weighted by atomic mass is 16.1. The molecule has 0 saturated carbocycles. The molecule has 3 aromatic rings. The summed E-state index contributed by atoms with van der Waals surface area (Å²) in [5.74, 6) is 0.121. The summed E-state index contributed by atoms with van der Waals surface area (Å²) >= 11 is 0. The van der Waals surface area contributed by atoms with Crippen molar-refractivity contribution < 1.29 is 4.79 Å². The van der Waals surface area contributed by atoms with Crippen molar-refractivity contribution in [2.45, 2.75) is 32.6 Å². The maximum atomic E-state index is 12.5. The summed E-state index contributed by atoms with van der Waals surface area (Å²) in [4.78, 5) is 17.3. The summed E-state index contributed by atoms with van der Waals surface area (Å²) in [5, 5.41) is 2.25. The van der Waals surface area contributed by atoms with Crippen LogP contribution >= 0.6 is 0 Å². The number of unbranched alkanes of at least 4 members (excludes halogenated alkanes) is 1. The topological polar surface area (TPSA) is 30.0 Å². The van der Waals surface area contributed by atoms with Crippen LogP contribution in [0.2, 0.25) is 0 Å². The van der Waals surface area contributed by atoms with E-state index in [-0.39, 0.29) is 5.78 Å². The Morgan fingerprint density at radius 1 is 1.00 bits per heavy atom. The zero-order chi connectivity index (χ0) is 16.1. The van der Waals surface area contributed by atoms with Crippen molar-refractivity contribution in [2.75, 3.05) is 0 Å². The van der Waals surface area contributed by atoms with E-state index in [1.807, 2.05) is 42.5 Å². The Bertz CT molecular complexity index is 808. The van der Waals surface area contributed by atoms with Crippen LogP contribution in [0.4, 0.5) is 0 Å². The first kappa shape index (κ1) is 15.4. The number of Topliss-reactive ketones (excluding diaryl/α,β-unsaturated/α-hetero) is 1. The Morgan fingerprint density at radius 2 is 1.74 bits per heavy atom. The standard InChI is InChI=1S/C21H21NO/c1-2-3-12-18-14-17-11-7-8-13-19(17)20(22-18)15-21(23)16-9-5-4-6-10-16/h4-11,13-14H,2-3,12,15H2,1H3. The highest BCUT2D eigenvalue weighted by molar-refractivity contribution is 5.99. The molecule has 0 saturated heterocycles. The molecule has 0 aliphatic heterocycles. The lowest BCUT2D eigenvalue weighted by Crippen LogP contribution is -2.07. The third-order valence-corrected chi connectivity index (χ3v) is 4.08. The minimum absolute atomic E-state index is 0.121. The van der Waals surface area contributed by atoms with E-state index in [0.717, 1.165) is 41.6 Å². The smallest absolute Gasteiger partial charge is 0.168 e. The lowest BCUT2D eigenvalue weighted by Gasteiger charge is -2.09. The molecule has 3 rings (SSSR count). The van der Waals surface area contributed by atoms with Crippen LogP contribution in [0.25, 0.3) is 10.8 Å². The molecule has 2 aromatic carbocycles. The number of hydrogen-bond donors (Lipinski definition) is 0. The molecule has 0 aliphatic rings. The fourth-order valence-electron chi connectivity index (χ4n) is 2.83. The summed E-state index contributed by atoms with van der Waals surface area (Å²) < 4.78 is 0. The number of carbonyl (C=O) groups excluding carboxylic acids is 1. The first-order valence-corrected chi connectivity index (χ1v) is 8.23. The van der Waals surface area contributed by atoms with Gasteiger partial charge in [-0.05, 0) is 24.3 Å². The third-order valence-electron chi connectivity index (χ3n) is 4.08. The van der Waals surface area contributed by atoms with Gasteiger partial charge in [0.05, 0.1) is 12.1 Å². The number of pyridine rings is 1. The normalized spacial score (nSPS) is 10.8. The maximum absolute atomic E-state index is 12.5. The van der Waals surface area contributed by atoms with E-state index in [1.54, 1.807) is 0 Å². The number of ketones is 1. The molecule has 23 heavy (non-hydrogen) atoms. The van der Waals surface area contributed by atoms with E-state index in [0.29, 0.717) is 6.42 Å². The highest BCUT2D eigenvalue weighted by Gasteiger charge is 2.12. The van der Waals surface area contributed by atoms with Crippen molar-refractivity contribution in [3.63, 3.8) is 0 Å². The summed E-state index contributed by atoms with van der Waals surface area (Å²) in [6.07, 6.45) is 3.59. The molecular formula is C21H21NO. The van der Waals surface area contributed by atoms with E-state index >= 15 is 0 Å². The summed E-state index contributed by atoms with van der Waals surface area (Å²) in [7, 11) is 0. The number of rotatable bonds is 6. The molecule has 0 unspecified atom stereocenters. The van der Waals surface area contributed by atoms with Crippen LogP contribution in [-0.4, -0.2) is 10.8 Å². The largest absolute Gasteiger partial charge is 0.294 e. The Labute approximate surface area is 137 Å². The lowest BCUT2D eigenvalue weighted by atomic mass is 10.0. The number of nitrogens with zero attached hydrogens (tertiary/aromatic N) is 1. The van der Waals surface area contributed by atoms with Crippen molar-refractivity contribution in [1.82, 2.24) is 4.98 Å². The van der Waals surface area contributed by atoms with Crippen molar-refractivity contribution in [2.24, 2.45) is 0 Å². The van der Waals surface area contributed by atoms with Gasteiger partial charge in [0.25, 0.3) is 0 Å². The summed E-state index contributed by atoms with van der Waals surface area (Å²) in [5.41, 5.74) is 2.72. The summed E-state index contributed by atoms with van der Waals surface area (Å²) in [6, 6.07) is 19.8. The summed E-state index contributed by atoms with van der Waals surface area (Å²) in [6.45, 7) is 2.18. The number of carbonyl (C=O) groups is 1. The minimum atomic E-state index is 0.121. The third kappa shape index (κ3) is 3.65. The van der Waals surface area contributed by atoms with Gasteiger partial charge in [-0.1, -0.05) is 67.9 Å². The molecule has 0 aliphatic carbocycles. The van der Waals surface area contributed by atoms with E-state index in [9.17, 15) is 4.79 Å². The molecule has 0 bridgehead atoms. The predicted octanol–water partition coefficient (Wildman–Crippen LogP) is 5.00. The van der Waals surface area contributed by atoms with Gasteiger partial charge in [0.2, 0.25) is 0 Å². The van der Waals surface area contributed by atoms with Crippen molar-refractivity contribution in [3.05, 3.63) is 77.6 Å². The second-order valence-electron chi connectivity index (χ2n) is 5.85. The Morgan fingerprint density at radius 3 is 2.52 bits per heavy atom. The Balaban J connectivity index is 1.96. The van der Waals surface area contributed by atoms with Gasteiger partial charge in [-0.25, -0.2) is 0 Å². The monoisotopic (exact) mass is 303 g/mol. The van der Waals surface area contributed by atoms with Crippen molar-refractivity contribution in [3.8, 4) is 0 Å². The maximum Gasteiger partial charge on any atom is 0.168 e. The number of fused-ring (bicyclic) bond motifs is 1. The van der Waals surface area contributed by atoms with Crippen LogP contribution in [0.3, 0.4) is 0 Å². The highest BCUT2D eigenvalue weighted by Crippen LogP contribution is 2.21. The second-order valence-corrected chi connectivity index (χ2v) is 5.85. The molecule has 0 atom stereocenters. The first-order chi connectivity index (χ1) is 11.3. The molecular weight excluding hydrogens is 282 g/mol. The van der Waals surface area contributed by atoms with Gasteiger partial charge < -0.3 is 0 Å². The van der Waals surface area contributed by atoms with Gasteiger partial charge in [-0.2, -0.15) is 0 Å². The van der Waals surface area contributed by atoms with Crippen LogP contribution < -0.4 is 0 Å². The molecule has 116 valence electrons. The minimum Gasteiger partial charge on any atom is -0.294 e. The van der Waals surface area contributed by atoms with Gasteiger partial charge in [0.1, 0.15) is 0 Å². The quantitative estimate of drug-likeness (QED) is 0.600. The van der Waals surface area contributed by atoms with Gasteiger partial charge in [-0.15, -0.1) is 0 Å². The fourth-order valence-corrected chi connectivity index (χ4v) is 2.83. The second kappa shape index (κ2) is 7.19. The molecule has 0 spiro atoms. The van der Waals surface area contributed by atoms with Gasteiger partial charge in [-0.3, -0.25) is 9.78 Å². The number of benzene rings is 2. The van der Waals surface area contributed by atoms with Gasteiger partial charge in [0.15, 0.2) is 5.78 Å². The number of aromatic nitrogens is 1. The molecule has 0 N–H and O–H groups in total. The van der Waals surface area contributed by atoms with Crippen LogP contribution in [0.5, 0.6) is 0 Å². The van der Waals surface area contributed by atoms with Crippen LogP contribution in [0.1, 0.15) is 41.5 Å². The van der Waals surface area contributed by atoms with E-state index < -0.39 is 0 Å². The predicted molar refractivity (Wildman–Crippen MR) is 94.8 cm³/mol. The molecule has 1 heterocycles. The van der Waals surface area contributed by atoms with Crippen molar-refractivity contribution in [1.29, 1.82) is 0 Å². The van der Waals surface area contributed by atoms with E-state index in [1.165, 1.54) is 5.39 Å². The number of aryl methyl sites for hydroxylation is 1. The van der Waals surface area contributed by atoms with Crippen molar-refractivity contribution >= 4 is 16.6 Å². The molecule has 2 heteroatoms. The average molecular weight is 303 g/mol. The van der Waals surface area contributed by atoms with Gasteiger partial charge >= 0.3 is 0 Å². The van der Waals surface area contributed by atoms with Crippen LogP contribution in [0, 0.1) is 0 Å². The Kier molecular flexibility index (Phi) is 4.82. The molecule has 1 aromatic heterocycles. The number of hydrogen-bond acceptors (Lipinski definition) is 2. The Hall–Kier alpha value is -2.48. The zero-order valence-corrected chi connectivity index (χ0v) is 13.5. The van der Waals surface area contributed by atoms with Crippen LogP contribution in [-0.2, 0) is 12.8 Å². The van der Waals surface area contributed by atoms with E-state index in [4.69, 9.17) is 4.98 Å². The molecule has 0 radical (unpaired) electrons. The van der Waals surface area contributed by atoms with E-state index in [2.05, 4.69) is 25.1 Å². The zero-order valence-electron chi connectivity index (χ0n) is 13.5. The SMILES string of the molecule is CCCCc1cc2ccccc2c(CC(=O)c2ccccc2)n1. The van der Waals surface area contributed by atoms with Gasteiger partial charge in [0, 0.05) is 16.6 Å². The van der Waals surface area contributed by atoms with Crippen LogP contribution in [0.15, 0.2) is 60.7 Å². The molecule has 2 nitrogen and oxygen atoms in total.